The third-order valence-electron chi connectivity index (χ3n) is 4.36. The number of nitrogens with one attached hydrogen (secondary N) is 1. The second-order valence-electron chi connectivity index (χ2n) is 6.35. The van der Waals surface area contributed by atoms with Gasteiger partial charge in [0.05, 0.1) is 0 Å². The van der Waals surface area contributed by atoms with Crippen LogP contribution in [0.15, 0.2) is 48.5 Å². The second-order valence-corrected chi connectivity index (χ2v) is 6.35. The molecule has 1 N–H and O–H groups in total. The molecule has 0 aromatic heterocycles. The van der Waals surface area contributed by atoms with Crippen molar-refractivity contribution < 1.29 is 4.79 Å². The lowest BCUT2D eigenvalue weighted by Gasteiger charge is -2.15. The van der Waals surface area contributed by atoms with E-state index >= 15 is 0 Å². The molecule has 1 saturated heterocycles. The number of carbonyl (C=O) groups excluding carboxylic acids is 1. The van der Waals surface area contributed by atoms with E-state index in [-0.39, 0.29) is 5.91 Å². The van der Waals surface area contributed by atoms with E-state index in [1.807, 2.05) is 31.2 Å². The van der Waals surface area contributed by atoms with Crippen LogP contribution in [-0.4, -0.2) is 23.9 Å². The minimum atomic E-state index is -0.0186. The average Bonchev–Trinajstić information content (AvgIpc) is 3.07. The fourth-order valence-electron chi connectivity index (χ4n) is 3.03. The zero-order chi connectivity index (χ0) is 16.1. The number of rotatable bonds is 5. The van der Waals surface area contributed by atoms with Gasteiger partial charge in [0.25, 0.3) is 5.91 Å². The van der Waals surface area contributed by atoms with Crippen LogP contribution in [0.5, 0.6) is 0 Å². The first-order chi connectivity index (χ1) is 11.2. The highest BCUT2D eigenvalue weighted by Gasteiger charge is 2.12. The Morgan fingerprint density at radius 3 is 2.48 bits per heavy atom. The molecule has 1 amide bonds. The smallest absolute Gasteiger partial charge is 0.251 e. The topological polar surface area (TPSA) is 32.3 Å². The zero-order valence-electron chi connectivity index (χ0n) is 13.7. The van der Waals surface area contributed by atoms with Gasteiger partial charge in [0.2, 0.25) is 0 Å². The lowest BCUT2D eigenvalue weighted by atomic mass is 10.1. The molecule has 23 heavy (non-hydrogen) atoms. The summed E-state index contributed by atoms with van der Waals surface area (Å²) in [6.45, 7) is 6.01. The summed E-state index contributed by atoms with van der Waals surface area (Å²) in [6.07, 6.45) is 2.62. The third-order valence-corrected chi connectivity index (χ3v) is 4.36. The van der Waals surface area contributed by atoms with Crippen molar-refractivity contribution in [1.82, 2.24) is 10.2 Å². The fourth-order valence-corrected chi connectivity index (χ4v) is 3.03. The predicted octanol–water partition coefficient (Wildman–Crippen LogP) is 3.52. The molecular formula is C20H24N2O. The Morgan fingerprint density at radius 1 is 1.04 bits per heavy atom. The van der Waals surface area contributed by atoms with Crippen molar-refractivity contribution in [2.75, 3.05) is 13.1 Å². The molecule has 2 aromatic carbocycles. The number of hydrogen-bond donors (Lipinski definition) is 1. The molecule has 0 saturated carbocycles. The van der Waals surface area contributed by atoms with Crippen molar-refractivity contribution in [3.8, 4) is 0 Å². The average molecular weight is 308 g/mol. The maximum Gasteiger partial charge on any atom is 0.251 e. The summed E-state index contributed by atoms with van der Waals surface area (Å²) in [4.78, 5) is 14.7. The van der Waals surface area contributed by atoms with E-state index in [1.165, 1.54) is 31.5 Å². The number of carbonyl (C=O) groups is 1. The van der Waals surface area contributed by atoms with Gasteiger partial charge >= 0.3 is 0 Å². The highest BCUT2D eigenvalue weighted by atomic mass is 16.1. The van der Waals surface area contributed by atoms with Crippen LogP contribution in [-0.2, 0) is 13.1 Å². The fraction of sp³-hybridized carbons (Fsp3) is 0.350. The Morgan fingerprint density at radius 2 is 1.74 bits per heavy atom. The van der Waals surface area contributed by atoms with Crippen LogP contribution in [0.1, 0.15) is 39.9 Å². The number of benzene rings is 2. The summed E-state index contributed by atoms with van der Waals surface area (Å²) in [5.41, 5.74) is 4.36. The van der Waals surface area contributed by atoms with Crippen LogP contribution in [0.4, 0.5) is 0 Å². The molecule has 2 aromatic rings. The maximum absolute atomic E-state index is 12.2. The number of nitrogens with zero attached hydrogens (tertiary/aromatic N) is 1. The number of amides is 1. The first-order valence-corrected chi connectivity index (χ1v) is 8.36. The minimum absolute atomic E-state index is 0.0186. The van der Waals surface area contributed by atoms with Gasteiger partial charge in [-0.2, -0.15) is 0 Å². The molecule has 0 radical (unpaired) electrons. The van der Waals surface area contributed by atoms with E-state index in [0.29, 0.717) is 12.1 Å². The molecule has 0 spiro atoms. The third kappa shape index (κ3) is 4.42. The molecule has 1 aliphatic rings. The molecule has 120 valence electrons. The van der Waals surface area contributed by atoms with Crippen LogP contribution >= 0.6 is 0 Å². The number of hydrogen-bond acceptors (Lipinski definition) is 2. The summed E-state index contributed by atoms with van der Waals surface area (Å²) in [7, 11) is 0. The van der Waals surface area contributed by atoms with E-state index in [1.54, 1.807) is 0 Å². The monoisotopic (exact) mass is 308 g/mol. The summed E-state index contributed by atoms with van der Waals surface area (Å²) < 4.78 is 0. The molecule has 0 aliphatic carbocycles. The summed E-state index contributed by atoms with van der Waals surface area (Å²) >= 11 is 0. The first kappa shape index (κ1) is 15.8. The van der Waals surface area contributed by atoms with Gasteiger partial charge in [0, 0.05) is 18.7 Å². The van der Waals surface area contributed by atoms with Crippen molar-refractivity contribution >= 4 is 5.91 Å². The molecule has 0 unspecified atom stereocenters. The van der Waals surface area contributed by atoms with Gasteiger partial charge in [-0.25, -0.2) is 0 Å². The predicted molar refractivity (Wildman–Crippen MR) is 93.3 cm³/mol. The van der Waals surface area contributed by atoms with Crippen LogP contribution < -0.4 is 5.32 Å². The lowest BCUT2D eigenvalue weighted by Crippen LogP contribution is -2.23. The minimum Gasteiger partial charge on any atom is -0.348 e. The van der Waals surface area contributed by atoms with Gasteiger partial charge < -0.3 is 5.32 Å². The van der Waals surface area contributed by atoms with Crippen molar-refractivity contribution in [2.45, 2.75) is 32.9 Å². The van der Waals surface area contributed by atoms with E-state index in [2.05, 4.69) is 34.5 Å². The molecule has 1 heterocycles. The lowest BCUT2D eigenvalue weighted by molar-refractivity contribution is 0.0951. The standard InChI is InChI=1S/C20H24N2O/c1-16-7-9-19(10-8-16)20(23)21-14-17-5-4-6-18(13-17)15-22-11-2-3-12-22/h4-10,13H,2-3,11-12,14-15H2,1H3,(H,21,23). The molecule has 1 fully saturated rings. The first-order valence-electron chi connectivity index (χ1n) is 8.36. The highest BCUT2D eigenvalue weighted by Crippen LogP contribution is 2.14. The van der Waals surface area contributed by atoms with Crippen molar-refractivity contribution in [3.05, 3.63) is 70.8 Å². The maximum atomic E-state index is 12.2. The molecule has 3 heteroatoms. The van der Waals surface area contributed by atoms with Crippen LogP contribution in [0.2, 0.25) is 0 Å². The number of aryl methyl sites for hydroxylation is 1. The zero-order valence-corrected chi connectivity index (χ0v) is 13.7. The van der Waals surface area contributed by atoms with Gasteiger partial charge in [-0.3, -0.25) is 9.69 Å². The number of likely N-dealkylation sites (tertiary alicyclic amines) is 1. The van der Waals surface area contributed by atoms with Crippen LogP contribution in [0, 0.1) is 6.92 Å². The van der Waals surface area contributed by atoms with E-state index < -0.39 is 0 Å². The largest absolute Gasteiger partial charge is 0.348 e. The Hall–Kier alpha value is -2.13. The summed E-state index contributed by atoms with van der Waals surface area (Å²) in [6, 6.07) is 16.2. The Bertz CT molecular complexity index is 658. The normalized spacial score (nSPS) is 14.8. The summed E-state index contributed by atoms with van der Waals surface area (Å²) in [5.74, 6) is -0.0186. The quantitative estimate of drug-likeness (QED) is 0.916. The Balaban J connectivity index is 1.57. The van der Waals surface area contributed by atoms with Crippen molar-refractivity contribution in [1.29, 1.82) is 0 Å². The molecule has 3 rings (SSSR count). The van der Waals surface area contributed by atoms with E-state index in [4.69, 9.17) is 0 Å². The molecule has 3 nitrogen and oxygen atoms in total. The van der Waals surface area contributed by atoms with E-state index in [9.17, 15) is 4.79 Å². The van der Waals surface area contributed by atoms with Gasteiger partial charge in [0.1, 0.15) is 0 Å². The highest BCUT2D eigenvalue weighted by molar-refractivity contribution is 5.94. The second kappa shape index (κ2) is 7.42. The summed E-state index contributed by atoms with van der Waals surface area (Å²) in [5, 5.41) is 3.00. The molecule has 0 atom stereocenters. The van der Waals surface area contributed by atoms with Crippen LogP contribution in [0.25, 0.3) is 0 Å². The van der Waals surface area contributed by atoms with Crippen molar-refractivity contribution in [2.24, 2.45) is 0 Å². The molecular weight excluding hydrogens is 284 g/mol. The van der Waals surface area contributed by atoms with Crippen LogP contribution in [0.3, 0.4) is 0 Å². The molecule has 1 aliphatic heterocycles. The van der Waals surface area contributed by atoms with Gasteiger partial charge in [-0.05, 0) is 56.1 Å². The van der Waals surface area contributed by atoms with Crippen molar-refractivity contribution in [3.63, 3.8) is 0 Å². The van der Waals surface area contributed by atoms with Gasteiger partial charge in [-0.1, -0.05) is 42.0 Å². The Labute approximate surface area is 138 Å². The SMILES string of the molecule is Cc1ccc(C(=O)NCc2cccc(CN3CCCC3)c2)cc1. The van der Waals surface area contributed by atoms with E-state index in [0.717, 1.165) is 17.7 Å². The Kier molecular flexibility index (Phi) is 5.09. The van der Waals surface area contributed by atoms with Gasteiger partial charge in [-0.15, -0.1) is 0 Å². The molecule has 0 bridgehead atoms. The van der Waals surface area contributed by atoms with Gasteiger partial charge in [0.15, 0.2) is 0 Å².